The fourth-order valence-electron chi connectivity index (χ4n) is 3.86. The maximum atomic E-state index is 5.72. The largest absolute Gasteiger partial charge is 0.494 e. The van der Waals surface area contributed by atoms with Gasteiger partial charge < -0.3 is 9.30 Å². The molecule has 0 atom stereocenters. The first-order chi connectivity index (χ1) is 12.7. The summed E-state index contributed by atoms with van der Waals surface area (Å²) in [6.45, 7) is 8.97. The molecule has 0 saturated heterocycles. The summed E-state index contributed by atoms with van der Waals surface area (Å²) in [5.74, 6) is 0.937. The predicted octanol–water partition coefficient (Wildman–Crippen LogP) is 4.86. The molecule has 0 radical (unpaired) electrons. The van der Waals surface area contributed by atoms with Crippen molar-refractivity contribution < 1.29 is 9.30 Å². The van der Waals surface area contributed by atoms with E-state index in [4.69, 9.17) is 4.74 Å². The fourth-order valence-corrected chi connectivity index (χ4v) is 3.86. The van der Waals surface area contributed by atoms with Crippen LogP contribution < -0.4 is 9.30 Å². The van der Waals surface area contributed by atoms with E-state index in [9.17, 15) is 0 Å². The van der Waals surface area contributed by atoms with E-state index >= 15 is 0 Å². The van der Waals surface area contributed by atoms with Crippen molar-refractivity contribution in [3.63, 3.8) is 0 Å². The van der Waals surface area contributed by atoms with Gasteiger partial charge in [-0.15, -0.1) is 0 Å². The predicted molar refractivity (Wildman–Crippen MR) is 107 cm³/mol. The first kappa shape index (κ1) is 16.6. The third-order valence-electron chi connectivity index (χ3n) is 5.09. The van der Waals surface area contributed by atoms with Crippen molar-refractivity contribution in [2.24, 2.45) is 0 Å². The smallest absolute Gasteiger partial charge is 0.203 e. The van der Waals surface area contributed by atoms with Gasteiger partial charge in [-0.05, 0) is 26.0 Å². The van der Waals surface area contributed by atoms with E-state index in [0.29, 0.717) is 6.61 Å². The average Bonchev–Trinajstić information content (AvgIpc) is 2.99. The molecule has 0 unspecified atom stereocenters. The van der Waals surface area contributed by atoms with Crippen molar-refractivity contribution in [3.05, 3.63) is 72.1 Å². The van der Waals surface area contributed by atoms with Crippen molar-refractivity contribution in [3.8, 4) is 5.75 Å². The van der Waals surface area contributed by atoms with Crippen LogP contribution >= 0.6 is 0 Å². The number of hydrogen-bond acceptors (Lipinski definition) is 1. The minimum atomic E-state index is 0.688. The Hall–Kier alpha value is -2.81. The van der Waals surface area contributed by atoms with Crippen LogP contribution in [0.1, 0.15) is 25.1 Å². The second-order valence-corrected chi connectivity index (χ2v) is 6.63. The minimum absolute atomic E-state index is 0.688. The standard InChI is InChI=1S/C23H25N2O/c1-4-25-22-15-19(26-5-2)11-12-20(22)21-13-14-24(17(3)23(21)25)16-18-9-7-6-8-10-18/h6-15H,4-5,16H2,1-3H3/q+1. The number of hydrogen-bond donors (Lipinski definition) is 0. The van der Waals surface area contributed by atoms with Gasteiger partial charge in [0.05, 0.1) is 12.1 Å². The first-order valence-corrected chi connectivity index (χ1v) is 9.34. The normalized spacial score (nSPS) is 11.3. The molecule has 132 valence electrons. The van der Waals surface area contributed by atoms with E-state index in [-0.39, 0.29) is 0 Å². The van der Waals surface area contributed by atoms with E-state index in [1.807, 2.05) is 6.92 Å². The van der Waals surface area contributed by atoms with E-state index in [2.05, 4.69) is 83.8 Å². The van der Waals surface area contributed by atoms with Crippen LogP contribution in [-0.2, 0) is 13.1 Å². The maximum Gasteiger partial charge on any atom is 0.203 e. The number of pyridine rings is 1. The lowest BCUT2D eigenvalue weighted by Gasteiger charge is -2.07. The fraction of sp³-hybridized carbons (Fsp3) is 0.261. The highest BCUT2D eigenvalue weighted by Gasteiger charge is 2.19. The average molecular weight is 345 g/mol. The Kier molecular flexibility index (Phi) is 4.37. The van der Waals surface area contributed by atoms with Crippen LogP contribution in [0, 0.1) is 6.92 Å². The molecule has 26 heavy (non-hydrogen) atoms. The topological polar surface area (TPSA) is 18.0 Å². The number of aryl methyl sites for hydroxylation is 2. The molecule has 0 spiro atoms. The lowest BCUT2D eigenvalue weighted by Crippen LogP contribution is -2.37. The lowest BCUT2D eigenvalue weighted by atomic mass is 10.1. The quantitative estimate of drug-likeness (QED) is 0.473. The van der Waals surface area contributed by atoms with Crippen LogP contribution in [0.4, 0.5) is 0 Å². The third kappa shape index (κ3) is 2.74. The van der Waals surface area contributed by atoms with E-state index < -0.39 is 0 Å². The molecule has 4 aromatic rings. The van der Waals surface area contributed by atoms with Gasteiger partial charge in [0, 0.05) is 41.9 Å². The molecule has 2 heterocycles. The molecule has 3 nitrogen and oxygen atoms in total. The van der Waals surface area contributed by atoms with Crippen molar-refractivity contribution in [2.75, 3.05) is 6.61 Å². The summed E-state index contributed by atoms with van der Waals surface area (Å²) in [5.41, 5.74) is 5.17. The van der Waals surface area contributed by atoms with Gasteiger partial charge in [-0.1, -0.05) is 30.3 Å². The maximum absolute atomic E-state index is 5.72. The summed E-state index contributed by atoms with van der Waals surface area (Å²) < 4.78 is 10.5. The molecule has 0 N–H and O–H groups in total. The van der Waals surface area contributed by atoms with Gasteiger partial charge in [-0.3, -0.25) is 0 Å². The van der Waals surface area contributed by atoms with Gasteiger partial charge in [-0.25, -0.2) is 0 Å². The van der Waals surface area contributed by atoms with Crippen molar-refractivity contribution in [1.82, 2.24) is 4.57 Å². The van der Waals surface area contributed by atoms with E-state index in [1.54, 1.807) is 0 Å². The molecule has 0 fully saturated rings. The summed E-state index contributed by atoms with van der Waals surface area (Å²) in [5, 5.41) is 2.60. The molecule has 3 heteroatoms. The zero-order chi connectivity index (χ0) is 18.1. The number of nitrogens with zero attached hydrogens (tertiary/aromatic N) is 2. The zero-order valence-corrected chi connectivity index (χ0v) is 15.7. The summed E-state index contributed by atoms with van der Waals surface area (Å²) in [6.07, 6.45) is 2.21. The molecule has 0 aliphatic rings. The van der Waals surface area contributed by atoms with Crippen LogP contribution in [0.25, 0.3) is 21.8 Å². The van der Waals surface area contributed by atoms with Crippen LogP contribution in [0.3, 0.4) is 0 Å². The number of rotatable bonds is 5. The molecular formula is C23H25N2O+. The SMILES string of the molecule is CCOc1ccc2c3cc[n+](Cc4ccccc4)c(C)c3n(CC)c2c1. The molecule has 0 amide bonds. The highest BCUT2D eigenvalue weighted by Crippen LogP contribution is 2.32. The molecule has 0 saturated carbocycles. The molecular weight excluding hydrogens is 320 g/mol. The molecule has 0 bridgehead atoms. The van der Waals surface area contributed by atoms with Gasteiger partial charge in [0.1, 0.15) is 11.3 Å². The summed E-state index contributed by atoms with van der Waals surface area (Å²) in [7, 11) is 0. The Morgan fingerprint density at radius 1 is 0.962 bits per heavy atom. The van der Waals surface area contributed by atoms with Crippen LogP contribution in [-0.4, -0.2) is 11.2 Å². The van der Waals surface area contributed by atoms with Gasteiger partial charge in [0.2, 0.25) is 5.69 Å². The van der Waals surface area contributed by atoms with Crippen molar-refractivity contribution >= 4 is 21.8 Å². The Bertz CT molecular complexity index is 1060. The Morgan fingerprint density at radius 2 is 1.77 bits per heavy atom. The molecule has 2 aromatic heterocycles. The second-order valence-electron chi connectivity index (χ2n) is 6.63. The summed E-state index contributed by atoms with van der Waals surface area (Å²) in [6, 6.07) is 19.3. The van der Waals surface area contributed by atoms with Gasteiger partial charge in [0.25, 0.3) is 0 Å². The lowest BCUT2D eigenvalue weighted by molar-refractivity contribution is -0.693. The number of benzene rings is 2. The zero-order valence-electron chi connectivity index (χ0n) is 15.7. The first-order valence-electron chi connectivity index (χ1n) is 9.34. The minimum Gasteiger partial charge on any atom is -0.494 e. The summed E-state index contributed by atoms with van der Waals surface area (Å²) >= 11 is 0. The van der Waals surface area contributed by atoms with E-state index in [0.717, 1.165) is 18.8 Å². The van der Waals surface area contributed by atoms with Crippen molar-refractivity contribution in [1.29, 1.82) is 0 Å². The van der Waals surface area contributed by atoms with Gasteiger partial charge in [-0.2, -0.15) is 4.57 Å². The summed E-state index contributed by atoms with van der Waals surface area (Å²) in [4.78, 5) is 0. The van der Waals surface area contributed by atoms with E-state index in [1.165, 1.54) is 33.1 Å². The number of aromatic nitrogens is 2. The molecule has 0 aliphatic heterocycles. The van der Waals surface area contributed by atoms with Gasteiger partial charge >= 0.3 is 0 Å². The second kappa shape index (κ2) is 6.83. The molecule has 0 aliphatic carbocycles. The Labute approximate surface area is 154 Å². The van der Waals surface area contributed by atoms with Gasteiger partial charge in [0.15, 0.2) is 12.7 Å². The highest BCUT2D eigenvalue weighted by molar-refractivity contribution is 6.08. The van der Waals surface area contributed by atoms with Crippen LogP contribution in [0.15, 0.2) is 60.8 Å². The molecule has 4 rings (SSSR count). The highest BCUT2D eigenvalue weighted by atomic mass is 16.5. The number of ether oxygens (including phenoxy) is 1. The number of fused-ring (bicyclic) bond motifs is 3. The van der Waals surface area contributed by atoms with Crippen LogP contribution in [0.5, 0.6) is 5.75 Å². The Morgan fingerprint density at radius 3 is 2.50 bits per heavy atom. The Balaban J connectivity index is 1.91. The van der Waals surface area contributed by atoms with Crippen LogP contribution in [0.2, 0.25) is 0 Å². The molecule has 2 aromatic carbocycles. The van der Waals surface area contributed by atoms with Crippen molar-refractivity contribution in [2.45, 2.75) is 33.9 Å². The monoisotopic (exact) mass is 345 g/mol. The third-order valence-corrected chi connectivity index (χ3v) is 5.09.